The van der Waals surface area contributed by atoms with E-state index in [0.717, 1.165) is 21.7 Å². The number of sulfonamides is 1. The summed E-state index contributed by atoms with van der Waals surface area (Å²) in [5.41, 5.74) is 0.787. The van der Waals surface area contributed by atoms with Crippen LogP contribution in [0.1, 0.15) is 5.56 Å². The number of anilines is 1. The molecule has 1 N–H and O–H groups in total. The van der Waals surface area contributed by atoms with E-state index in [1.54, 1.807) is 5.38 Å². The Hall–Kier alpha value is -1.44. The van der Waals surface area contributed by atoms with Gasteiger partial charge in [-0.2, -0.15) is 0 Å². The van der Waals surface area contributed by atoms with E-state index in [2.05, 4.69) is 0 Å². The SMILES string of the molecule is CN(c1cccc(F)c1)S(=O)(=O)c1cc(CO)cs1. The second kappa shape index (κ2) is 5.28. The predicted octanol–water partition coefficient (Wildman–Crippen LogP) is 2.20. The van der Waals surface area contributed by atoms with Crippen LogP contribution in [0, 0.1) is 5.82 Å². The maximum atomic E-state index is 13.1. The zero-order chi connectivity index (χ0) is 14.0. The molecule has 7 heteroatoms. The maximum absolute atomic E-state index is 13.1. The first-order valence-electron chi connectivity index (χ1n) is 5.38. The second-order valence-corrected chi connectivity index (χ2v) is 6.99. The number of thiophene rings is 1. The molecule has 0 atom stereocenters. The monoisotopic (exact) mass is 301 g/mol. The van der Waals surface area contributed by atoms with Crippen molar-refractivity contribution in [3.05, 3.63) is 47.1 Å². The molecule has 19 heavy (non-hydrogen) atoms. The van der Waals surface area contributed by atoms with Gasteiger partial charge in [0.25, 0.3) is 10.0 Å². The Morgan fingerprint density at radius 1 is 1.37 bits per heavy atom. The highest BCUT2D eigenvalue weighted by molar-refractivity contribution is 7.94. The van der Waals surface area contributed by atoms with Crippen LogP contribution in [-0.2, 0) is 16.6 Å². The van der Waals surface area contributed by atoms with Gasteiger partial charge in [-0.3, -0.25) is 4.31 Å². The Kier molecular flexibility index (Phi) is 3.88. The van der Waals surface area contributed by atoms with E-state index in [9.17, 15) is 12.8 Å². The summed E-state index contributed by atoms with van der Waals surface area (Å²) in [6.45, 7) is -0.213. The maximum Gasteiger partial charge on any atom is 0.273 e. The lowest BCUT2D eigenvalue weighted by molar-refractivity contribution is 0.282. The third kappa shape index (κ3) is 2.78. The highest BCUT2D eigenvalue weighted by atomic mass is 32.2. The molecular formula is C12H12FNO3S2. The number of hydrogen-bond acceptors (Lipinski definition) is 4. The fourth-order valence-electron chi connectivity index (χ4n) is 1.52. The Morgan fingerprint density at radius 3 is 2.68 bits per heavy atom. The lowest BCUT2D eigenvalue weighted by Gasteiger charge is -2.18. The van der Waals surface area contributed by atoms with Crippen LogP contribution in [0.15, 0.2) is 39.9 Å². The van der Waals surface area contributed by atoms with E-state index < -0.39 is 15.8 Å². The summed E-state index contributed by atoms with van der Waals surface area (Å²) in [7, 11) is -2.36. The molecular weight excluding hydrogens is 289 g/mol. The molecule has 0 aliphatic heterocycles. The van der Waals surface area contributed by atoms with E-state index >= 15 is 0 Å². The van der Waals surface area contributed by atoms with Gasteiger partial charge in [-0.05, 0) is 35.2 Å². The topological polar surface area (TPSA) is 57.6 Å². The van der Waals surface area contributed by atoms with Crippen LogP contribution in [0.25, 0.3) is 0 Å². The van der Waals surface area contributed by atoms with E-state index in [1.165, 1.54) is 31.3 Å². The molecule has 2 rings (SSSR count). The van der Waals surface area contributed by atoms with Crippen LogP contribution < -0.4 is 4.31 Å². The Morgan fingerprint density at radius 2 is 2.11 bits per heavy atom. The van der Waals surface area contributed by atoms with Gasteiger partial charge in [0.15, 0.2) is 0 Å². The molecule has 0 radical (unpaired) electrons. The van der Waals surface area contributed by atoms with Crippen molar-refractivity contribution in [2.45, 2.75) is 10.8 Å². The molecule has 0 aliphatic rings. The Labute approximate surface area is 114 Å². The molecule has 0 amide bonds. The first-order valence-corrected chi connectivity index (χ1v) is 7.70. The molecule has 0 aliphatic carbocycles. The van der Waals surface area contributed by atoms with Crippen LogP contribution >= 0.6 is 11.3 Å². The van der Waals surface area contributed by atoms with Gasteiger partial charge < -0.3 is 5.11 Å². The zero-order valence-electron chi connectivity index (χ0n) is 10.1. The zero-order valence-corrected chi connectivity index (χ0v) is 11.7. The molecule has 102 valence electrons. The summed E-state index contributed by atoms with van der Waals surface area (Å²) in [6.07, 6.45) is 0. The van der Waals surface area contributed by atoms with E-state index in [1.807, 2.05) is 0 Å². The van der Waals surface area contributed by atoms with Gasteiger partial charge in [0.2, 0.25) is 0 Å². The number of halogens is 1. The van der Waals surface area contributed by atoms with Gasteiger partial charge in [0.1, 0.15) is 10.0 Å². The fourth-order valence-corrected chi connectivity index (χ4v) is 4.07. The van der Waals surface area contributed by atoms with Crippen molar-refractivity contribution in [1.82, 2.24) is 0 Å². The minimum atomic E-state index is -3.72. The molecule has 1 aromatic heterocycles. The van der Waals surface area contributed by atoms with Gasteiger partial charge >= 0.3 is 0 Å². The summed E-state index contributed by atoms with van der Waals surface area (Å²) >= 11 is 1.02. The molecule has 0 fully saturated rings. The van der Waals surface area contributed by atoms with E-state index in [0.29, 0.717) is 5.56 Å². The van der Waals surface area contributed by atoms with Crippen molar-refractivity contribution in [2.24, 2.45) is 0 Å². The summed E-state index contributed by atoms with van der Waals surface area (Å²) < 4.78 is 38.9. The van der Waals surface area contributed by atoms with Crippen molar-refractivity contribution in [3.8, 4) is 0 Å². The number of benzene rings is 1. The van der Waals surface area contributed by atoms with Crippen molar-refractivity contribution in [2.75, 3.05) is 11.4 Å². The molecule has 4 nitrogen and oxygen atoms in total. The van der Waals surface area contributed by atoms with Gasteiger partial charge in [-0.25, -0.2) is 12.8 Å². The van der Waals surface area contributed by atoms with Gasteiger partial charge in [-0.1, -0.05) is 6.07 Å². The van der Waals surface area contributed by atoms with Gasteiger partial charge in [0.05, 0.1) is 12.3 Å². The molecule has 0 saturated heterocycles. The molecule has 0 bridgehead atoms. The quantitative estimate of drug-likeness (QED) is 0.942. The highest BCUT2D eigenvalue weighted by Gasteiger charge is 2.23. The standard InChI is InChI=1S/C12H12FNO3S2/c1-14(11-4-2-3-10(13)6-11)19(16,17)12-5-9(7-15)8-18-12/h2-6,8,15H,7H2,1H3. The number of nitrogens with zero attached hydrogens (tertiary/aromatic N) is 1. The number of aliphatic hydroxyl groups is 1. The normalized spacial score (nSPS) is 11.5. The van der Waals surface area contributed by atoms with Crippen molar-refractivity contribution in [1.29, 1.82) is 0 Å². The third-order valence-corrected chi connectivity index (χ3v) is 5.85. The van der Waals surface area contributed by atoms with Crippen LogP contribution in [-0.4, -0.2) is 20.6 Å². The first kappa shape index (κ1) is 14.0. The summed E-state index contributed by atoms with van der Waals surface area (Å²) in [4.78, 5) is 0. The first-order chi connectivity index (χ1) is 8.95. The van der Waals surface area contributed by atoms with E-state index in [4.69, 9.17) is 5.11 Å². The predicted molar refractivity (Wildman–Crippen MR) is 72.2 cm³/mol. The molecule has 1 heterocycles. The largest absolute Gasteiger partial charge is 0.392 e. The molecule has 0 saturated carbocycles. The minimum absolute atomic E-state index is 0.114. The highest BCUT2D eigenvalue weighted by Crippen LogP contribution is 2.27. The summed E-state index contributed by atoms with van der Waals surface area (Å²) in [5.74, 6) is -0.498. The van der Waals surface area contributed by atoms with E-state index in [-0.39, 0.29) is 16.5 Å². The van der Waals surface area contributed by atoms with Crippen LogP contribution in [0.5, 0.6) is 0 Å². The smallest absolute Gasteiger partial charge is 0.273 e. The van der Waals surface area contributed by atoms with Crippen molar-refractivity contribution in [3.63, 3.8) is 0 Å². The number of aliphatic hydroxyl groups excluding tert-OH is 1. The molecule has 1 aromatic carbocycles. The van der Waals surface area contributed by atoms with Crippen molar-refractivity contribution >= 4 is 27.0 Å². The van der Waals surface area contributed by atoms with Crippen LogP contribution in [0.2, 0.25) is 0 Å². The lowest BCUT2D eigenvalue weighted by Crippen LogP contribution is -2.25. The third-order valence-electron chi connectivity index (χ3n) is 2.60. The number of rotatable bonds is 4. The Bertz CT molecular complexity index is 682. The average Bonchev–Trinajstić information content (AvgIpc) is 2.87. The Balaban J connectivity index is 2.39. The average molecular weight is 301 g/mol. The number of hydrogen-bond donors (Lipinski definition) is 1. The van der Waals surface area contributed by atoms with Gasteiger partial charge in [0, 0.05) is 7.05 Å². The van der Waals surface area contributed by atoms with Crippen molar-refractivity contribution < 1.29 is 17.9 Å². The molecule has 0 unspecified atom stereocenters. The molecule has 0 spiro atoms. The van der Waals surface area contributed by atoms with Gasteiger partial charge in [-0.15, -0.1) is 11.3 Å². The fraction of sp³-hybridized carbons (Fsp3) is 0.167. The summed E-state index contributed by atoms with van der Waals surface area (Å²) in [6, 6.07) is 6.78. The lowest BCUT2D eigenvalue weighted by atomic mass is 10.3. The molecule has 2 aromatic rings. The minimum Gasteiger partial charge on any atom is -0.392 e. The summed E-state index contributed by atoms with van der Waals surface area (Å²) in [5, 5.41) is 10.5. The second-order valence-electron chi connectivity index (χ2n) is 3.88. The van der Waals surface area contributed by atoms with Crippen LogP contribution in [0.4, 0.5) is 10.1 Å². The van der Waals surface area contributed by atoms with Crippen LogP contribution in [0.3, 0.4) is 0 Å².